The van der Waals surface area contributed by atoms with Gasteiger partial charge in [-0.2, -0.15) is 0 Å². The lowest BCUT2D eigenvalue weighted by Gasteiger charge is -2.36. The fourth-order valence-electron chi connectivity index (χ4n) is 10.6. The molecule has 0 aliphatic rings. The SMILES string of the molecule is CCCCCCCCC(=O)NCC(=O)N[C@@H](CC(C)C)C(=O)N[C@@H](CC(C)C)C(=O)N[C@@H](CCCCN)C(=O)N(C)[C@@H](CCCN=C(N)N)C(=O)N[C@H](C(=O)N(C)[C@@H](CCCCN)C(=O)N[C@H](C(=O)N[C@@H](CC(C)C)C(=O)N[C@@H](CC(C)C)C(N)=O)[C@@H](C)O)[C@@H](C)CC. The zero-order valence-corrected chi connectivity index (χ0v) is 58.8. The number of amides is 11. The maximum Gasteiger partial charge on any atom is 0.245 e. The normalized spacial score (nSPS) is 15.0. The molecule has 0 rings (SSSR count). The lowest BCUT2D eigenvalue weighted by molar-refractivity contribution is -0.146. The summed E-state index contributed by atoms with van der Waals surface area (Å²) in [5.41, 5.74) is 28.7. The van der Waals surface area contributed by atoms with Crippen LogP contribution in [0.5, 0.6) is 0 Å². The van der Waals surface area contributed by atoms with Gasteiger partial charge in [-0.25, -0.2) is 0 Å². The third-order valence-electron chi connectivity index (χ3n) is 16.1. The summed E-state index contributed by atoms with van der Waals surface area (Å²) in [6.45, 7) is 21.9. The van der Waals surface area contributed by atoms with E-state index in [0.29, 0.717) is 38.5 Å². The van der Waals surface area contributed by atoms with Crippen LogP contribution in [0.2, 0.25) is 0 Å². The number of primary amides is 1. The lowest BCUT2D eigenvalue weighted by Crippen LogP contribution is -2.62. The number of rotatable bonds is 50. The quantitative estimate of drug-likeness (QED) is 0.0232. The number of carbonyl (C=O) groups excluding carboxylic acids is 11. The number of aliphatic imine (C=N–C) groups is 1. The maximum atomic E-state index is 15.0. The Bertz CT molecular complexity index is 2340. The van der Waals surface area contributed by atoms with Crippen molar-refractivity contribution in [2.24, 2.45) is 63.3 Å². The Kier molecular flexibility index (Phi) is 43.8. The molecule has 0 aromatic carbocycles. The summed E-state index contributed by atoms with van der Waals surface area (Å²) in [4.78, 5) is 160. The Balaban J connectivity index is 7.19. The van der Waals surface area contributed by atoms with E-state index in [1.807, 2.05) is 55.4 Å². The summed E-state index contributed by atoms with van der Waals surface area (Å²) in [6.07, 6.45) is 7.60. The number of likely N-dealkylation sites (N-methyl/N-ethyl adjacent to an activating group) is 2. The largest absolute Gasteiger partial charge is 0.391 e. The van der Waals surface area contributed by atoms with Gasteiger partial charge in [0, 0.05) is 27.1 Å². The van der Waals surface area contributed by atoms with Crippen LogP contribution in [0.3, 0.4) is 0 Å². The van der Waals surface area contributed by atoms with Gasteiger partial charge in [0.1, 0.15) is 54.4 Å². The van der Waals surface area contributed by atoms with Crippen molar-refractivity contribution in [3.63, 3.8) is 0 Å². The van der Waals surface area contributed by atoms with Crippen LogP contribution >= 0.6 is 0 Å². The van der Waals surface area contributed by atoms with Crippen LogP contribution in [0.1, 0.15) is 212 Å². The predicted octanol–water partition coefficient (Wildman–Crippen LogP) is 1.31. The van der Waals surface area contributed by atoms with Gasteiger partial charge in [0.05, 0.1) is 12.6 Å². The van der Waals surface area contributed by atoms with Crippen molar-refractivity contribution in [3.05, 3.63) is 0 Å². The van der Waals surface area contributed by atoms with Gasteiger partial charge >= 0.3 is 0 Å². The minimum Gasteiger partial charge on any atom is -0.391 e. The van der Waals surface area contributed by atoms with Gasteiger partial charge in [-0.1, -0.05) is 115 Å². The van der Waals surface area contributed by atoms with Gasteiger partial charge in [-0.15, -0.1) is 0 Å². The molecule has 0 aromatic rings. The minimum absolute atomic E-state index is 0.0112. The van der Waals surface area contributed by atoms with Gasteiger partial charge in [-0.3, -0.25) is 57.7 Å². The molecule has 0 aliphatic carbocycles. The number of aliphatic hydroxyl groups is 1. The molecule has 28 heteroatoms. The van der Waals surface area contributed by atoms with E-state index in [-0.39, 0.29) is 120 Å². The van der Waals surface area contributed by atoms with E-state index in [4.69, 9.17) is 28.7 Å². The summed E-state index contributed by atoms with van der Waals surface area (Å²) in [7, 11) is 2.76. The Morgan fingerprint density at radius 3 is 1.32 bits per heavy atom. The maximum absolute atomic E-state index is 15.0. The molecule has 11 amide bonds. The van der Waals surface area contributed by atoms with Crippen LogP contribution in [0.25, 0.3) is 0 Å². The molecule has 0 heterocycles. The number of guanidine groups is 1. The smallest absolute Gasteiger partial charge is 0.245 e. The summed E-state index contributed by atoms with van der Waals surface area (Å²) in [5.74, 6) is -8.73. The molecule has 0 fully saturated rings. The zero-order valence-electron chi connectivity index (χ0n) is 58.8. The van der Waals surface area contributed by atoms with E-state index in [9.17, 15) is 53.1 Å². The van der Waals surface area contributed by atoms with Gasteiger partial charge in [0.15, 0.2) is 5.96 Å². The molecule has 0 spiro atoms. The van der Waals surface area contributed by atoms with Gasteiger partial charge in [0.25, 0.3) is 0 Å². The molecule has 28 nitrogen and oxygen atoms in total. The number of unbranched alkanes of at least 4 members (excludes halogenated alkanes) is 7. The Morgan fingerprint density at radius 2 is 0.860 bits per heavy atom. The van der Waals surface area contributed by atoms with Gasteiger partial charge < -0.3 is 86.1 Å². The first-order valence-corrected chi connectivity index (χ1v) is 34.0. The van der Waals surface area contributed by atoms with Crippen LogP contribution in [0, 0.1) is 29.6 Å². The third kappa shape index (κ3) is 35.4. The van der Waals surface area contributed by atoms with Crippen LogP contribution in [-0.2, 0) is 52.7 Å². The molecular formula is C65H124N16O12. The number of nitrogens with zero attached hydrogens (tertiary/aromatic N) is 3. The first-order chi connectivity index (χ1) is 43.7. The molecule has 536 valence electrons. The number of carbonyl (C=O) groups is 11. The molecule has 0 saturated carbocycles. The standard InChI is InChI=1S/C65H124N16O12/c1-15-17-18-19-20-21-30-52(83)72-38-53(84)73-47(35-40(5)6)57(86)76-48(36-41(7)8)58(87)74-45(27-22-24-31-66)63(92)80(13)51(29-26-33-71-65(69)70)60(89)78-54(43(11)16-2)64(93)81(14)50(28-23-25-32-67)61(90)79-55(44(12)82)62(91)77-49(37-42(9)10)59(88)75-46(56(68)85)34-39(3)4/h39-51,54-55,82H,15-38,66-67H2,1-14H3,(H2,68,85)(H,72,83)(H,73,84)(H,74,87)(H,75,88)(H,76,86)(H,77,91)(H,78,89)(H,79,90)(H4,69,70,71)/t43-,44+,45-,46-,47-,48-,49-,50-,51-,54-,55-/m0/s1. The van der Waals surface area contributed by atoms with E-state index >= 15 is 4.79 Å². The molecule has 19 N–H and O–H groups in total. The molecule has 0 aromatic heterocycles. The number of hydrogen-bond acceptors (Lipinski definition) is 15. The number of nitrogens with two attached hydrogens (primary N) is 5. The summed E-state index contributed by atoms with van der Waals surface area (Å²) in [5, 5.41) is 32.8. The predicted molar refractivity (Wildman–Crippen MR) is 362 cm³/mol. The second-order valence-electron chi connectivity index (χ2n) is 26.6. The second-order valence-corrected chi connectivity index (χ2v) is 26.6. The average Bonchev–Trinajstić information content (AvgIpc) is 0.898. The van der Waals surface area contributed by atoms with E-state index in [2.05, 4.69) is 54.5 Å². The van der Waals surface area contributed by atoms with Crippen LogP contribution in [-0.4, -0.2) is 187 Å². The van der Waals surface area contributed by atoms with Crippen LogP contribution in [0.15, 0.2) is 4.99 Å². The number of hydrogen-bond donors (Lipinski definition) is 14. The van der Waals surface area contributed by atoms with E-state index < -0.39 is 125 Å². The van der Waals surface area contributed by atoms with Crippen molar-refractivity contribution in [2.75, 3.05) is 40.3 Å². The number of nitrogens with one attached hydrogen (secondary N) is 8. The van der Waals surface area contributed by atoms with Crippen molar-refractivity contribution in [1.82, 2.24) is 52.3 Å². The molecule has 0 unspecified atom stereocenters. The lowest BCUT2D eigenvalue weighted by atomic mass is 9.95. The first kappa shape index (κ1) is 86.3. The summed E-state index contributed by atoms with van der Waals surface area (Å²) in [6, 6.07) is -11.3. The van der Waals surface area contributed by atoms with Crippen molar-refractivity contribution in [2.45, 2.75) is 272 Å². The van der Waals surface area contributed by atoms with Crippen LogP contribution < -0.4 is 71.2 Å². The summed E-state index contributed by atoms with van der Waals surface area (Å²) < 4.78 is 0. The monoisotopic (exact) mass is 1320 g/mol. The van der Waals surface area contributed by atoms with E-state index in [0.717, 1.165) is 37.0 Å². The van der Waals surface area contributed by atoms with E-state index in [1.54, 1.807) is 13.8 Å². The van der Waals surface area contributed by atoms with E-state index in [1.165, 1.54) is 25.9 Å². The minimum atomic E-state index is -1.64. The van der Waals surface area contributed by atoms with Gasteiger partial charge in [-0.05, 0) is 133 Å². The molecular weight excluding hydrogens is 1200 g/mol. The Hall–Kier alpha value is -6.68. The van der Waals surface area contributed by atoms with Crippen molar-refractivity contribution < 1.29 is 57.8 Å². The first-order valence-electron chi connectivity index (χ1n) is 34.0. The fraction of sp³-hybridized carbons (Fsp3) is 0.815. The van der Waals surface area contributed by atoms with Crippen molar-refractivity contribution in [3.8, 4) is 0 Å². The Labute approximate surface area is 554 Å². The van der Waals surface area contributed by atoms with Crippen LogP contribution in [0.4, 0.5) is 0 Å². The van der Waals surface area contributed by atoms with Crippen molar-refractivity contribution >= 4 is 70.9 Å². The average molecular weight is 1320 g/mol. The molecule has 0 saturated heterocycles. The zero-order chi connectivity index (χ0) is 71.1. The molecule has 0 aliphatic heterocycles. The molecule has 0 radical (unpaired) electrons. The molecule has 0 bridgehead atoms. The van der Waals surface area contributed by atoms with Gasteiger partial charge in [0.2, 0.25) is 65.0 Å². The Morgan fingerprint density at radius 1 is 0.441 bits per heavy atom. The highest BCUT2D eigenvalue weighted by Crippen LogP contribution is 2.20. The second kappa shape index (κ2) is 47.2. The highest BCUT2D eigenvalue weighted by Gasteiger charge is 2.41. The third-order valence-corrected chi connectivity index (χ3v) is 16.1. The highest BCUT2D eigenvalue weighted by molar-refractivity contribution is 5.99. The molecule has 11 atom stereocenters. The summed E-state index contributed by atoms with van der Waals surface area (Å²) >= 11 is 0. The number of aliphatic hydroxyl groups excluding tert-OH is 1. The molecule has 93 heavy (non-hydrogen) atoms. The fourth-order valence-corrected chi connectivity index (χ4v) is 10.6. The topological polar surface area (TPSA) is 453 Å². The van der Waals surface area contributed by atoms with Crippen molar-refractivity contribution in [1.29, 1.82) is 0 Å². The highest BCUT2D eigenvalue weighted by atomic mass is 16.3.